The fourth-order valence-corrected chi connectivity index (χ4v) is 3.07. The summed E-state index contributed by atoms with van der Waals surface area (Å²) in [6, 6.07) is 11.7. The van der Waals surface area contributed by atoms with Gasteiger partial charge in [-0.25, -0.2) is 0 Å². The first kappa shape index (κ1) is 20.8. The molecule has 1 amide bonds. The number of rotatable bonds is 7. The van der Waals surface area contributed by atoms with Crippen molar-refractivity contribution in [1.82, 2.24) is 9.47 Å². The molecule has 0 radical (unpaired) electrons. The van der Waals surface area contributed by atoms with Gasteiger partial charge in [-0.05, 0) is 60.2 Å². The van der Waals surface area contributed by atoms with Crippen LogP contribution in [-0.4, -0.2) is 28.5 Å². The van der Waals surface area contributed by atoms with Gasteiger partial charge in [-0.1, -0.05) is 25.3 Å². The molecule has 0 saturated heterocycles. The molecule has 0 saturated carbocycles. The van der Waals surface area contributed by atoms with Crippen molar-refractivity contribution in [2.45, 2.75) is 13.8 Å². The quantitative estimate of drug-likeness (QED) is 0.596. The van der Waals surface area contributed by atoms with E-state index in [4.69, 9.17) is 11.0 Å². The van der Waals surface area contributed by atoms with Crippen LogP contribution in [0, 0.1) is 11.3 Å². The third kappa shape index (κ3) is 4.41. The second-order valence-corrected chi connectivity index (χ2v) is 6.46. The van der Waals surface area contributed by atoms with Crippen LogP contribution in [0.1, 0.15) is 19.5 Å². The van der Waals surface area contributed by atoms with Crippen molar-refractivity contribution in [2.24, 2.45) is 12.8 Å². The Morgan fingerprint density at radius 1 is 1.29 bits per heavy atom. The van der Waals surface area contributed by atoms with Gasteiger partial charge >= 0.3 is 0 Å². The SMILES string of the molecule is C=C(/C=c1/ccc(-c2ccc(/C=C(\C#N)C(N)=O)n2C)cc1=C)N(CC)CC. The van der Waals surface area contributed by atoms with Gasteiger partial charge in [0, 0.05) is 37.2 Å². The predicted octanol–water partition coefficient (Wildman–Crippen LogP) is 2.13. The number of nitriles is 1. The molecule has 1 heterocycles. The minimum atomic E-state index is -0.737. The number of allylic oxidation sites excluding steroid dienone is 1. The Morgan fingerprint density at radius 3 is 2.50 bits per heavy atom. The molecule has 5 nitrogen and oxygen atoms in total. The molecule has 0 spiro atoms. The minimum Gasteiger partial charge on any atom is -0.373 e. The van der Waals surface area contributed by atoms with E-state index in [1.165, 1.54) is 6.08 Å². The van der Waals surface area contributed by atoms with Crippen molar-refractivity contribution in [1.29, 1.82) is 5.26 Å². The molecular formula is C23H26N4O. The van der Waals surface area contributed by atoms with E-state index < -0.39 is 5.91 Å². The van der Waals surface area contributed by atoms with Gasteiger partial charge in [0.2, 0.25) is 0 Å². The van der Waals surface area contributed by atoms with Gasteiger partial charge in [-0.3, -0.25) is 4.79 Å². The predicted molar refractivity (Wildman–Crippen MR) is 115 cm³/mol. The van der Waals surface area contributed by atoms with Crippen LogP contribution in [0.2, 0.25) is 0 Å². The number of aromatic nitrogens is 1. The summed E-state index contributed by atoms with van der Waals surface area (Å²) >= 11 is 0. The minimum absolute atomic E-state index is 0.0783. The molecule has 0 aliphatic heterocycles. The van der Waals surface area contributed by atoms with E-state index in [0.717, 1.165) is 46.2 Å². The van der Waals surface area contributed by atoms with E-state index in [9.17, 15) is 4.79 Å². The zero-order valence-corrected chi connectivity index (χ0v) is 16.7. The van der Waals surface area contributed by atoms with E-state index in [1.807, 2.05) is 54.1 Å². The summed E-state index contributed by atoms with van der Waals surface area (Å²) in [4.78, 5) is 13.5. The number of carbonyl (C=O) groups is 1. The summed E-state index contributed by atoms with van der Waals surface area (Å²) in [5, 5.41) is 11.0. The monoisotopic (exact) mass is 374 g/mol. The maximum atomic E-state index is 11.3. The van der Waals surface area contributed by atoms with Gasteiger partial charge in [-0.2, -0.15) is 5.26 Å². The number of carbonyl (C=O) groups excluding carboxylic acids is 1. The van der Waals surface area contributed by atoms with Crippen molar-refractivity contribution in [3.05, 3.63) is 64.3 Å². The zero-order valence-electron chi connectivity index (χ0n) is 16.7. The molecule has 0 aliphatic carbocycles. The molecule has 1 aromatic carbocycles. The molecule has 5 heteroatoms. The largest absolute Gasteiger partial charge is 0.373 e. The number of hydrogen-bond donors (Lipinski definition) is 1. The topological polar surface area (TPSA) is 75.0 Å². The fraction of sp³-hybridized carbons (Fsp3) is 0.217. The molecule has 0 aliphatic rings. The van der Waals surface area contributed by atoms with Crippen LogP contribution >= 0.6 is 0 Å². The highest BCUT2D eigenvalue weighted by Gasteiger charge is 2.09. The molecule has 2 N–H and O–H groups in total. The Morgan fingerprint density at radius 2 is 1.96 bits per heavy atom. The molecule has 2 aromatic rings. The lowest BCUT2D eigenvalue weighted by atomic mass is 10.1. The summed E-state index contributed by atoms with van der Waals surface area (Å²) in [6.45, 7) is 14.4. The number of nitrogens with two attached hydrogens (primary N) is 1. The zero-order chi connectivity index (χ0) is 20.8. The van der Waals surface area contributed by atoms with E-state index in [-0.39, 0.29) is 5.57 Å². The molecule has 144 valence electrons. The highest BCUT2D eigenvalue weighted by molar-refractivity contribution is 6.00. The fourth-order valence-electron chi connectivity index (χ4n) is 3.07. The second-order valence-electron chi connectivity index (χ2n) is 6.46. The van der Waals surface area contributed by atoms with E-state index in [1.54, 1.807) is 0 Å². The smallest absolute Gasteiger partial charge is 0.259 e. The Hall–Kier alpha value is -3.52. The maximum absolute atomic E-state index is 11.3. The second kappa shape index (κ2) is 8.92. The van der Waals surface area contributed by atoms with Crippen molar-refractivity contribution < 1.29 is 4.79 Å². The lowest BCUT2D eigenvalue weighted by Gasteiger charge is -2.20. The van der Waals surface area contributed by atoms with Crippen LogP contribution in [0.3, 0.4) is 0 Å². The van der Waals surface area contributed by atoms with Crippen molar-refractivity contribution >= 4 is 24.6 Å². The molecule has 0 unspecified atom stereocenters. The summed E-state index contributed by atoms with van der Waals surface area (Å²) < 4.78 is 1.91. The summed E-state index contributed by atoms with van der Waals surface area (Å²) in [5.74, 6) is -0.737. The summed E-state index contributed by atoms with van der Waals surface area (Å²) in [6.07, 6.45) is 3.54. The van der Waals surface area contributed by atoms with Gasteiger partial charge < -0.3 is 15.2 Å². The lowest BCUT2D eigenvalue weighted by molar-refractivity contribution is -0.114. The van der Waals surface area contributed by atoms with Crippen molar-refractivity contribution in [3.63, 3.8) is 0 Å². The molecule has 0 atom stereocenters. The molecule has 1 aromatic heterocycles. The van der Waals surface area contributed by atoms with E-state index in [2.05, 4.69) is 31.9 Å². The highest BCUT2D eigenvalue weighted by Crippen LogP contribution is 2.21. The van der Waals surface area contributed by atoms with Gasteiger partial charge in [0.25, 0.3) is 5.91 Å². The number of primary amides is 1. The third-order valence-corrected chi connectivity index (χ3v) is 4.77. The number of amides is 1. The standard InChI is InChI=1S/C23H26N4O/c1-6-27(7-2)17(4)13-18-8-9-19(12-16(18)3)22-11-10-21(26(22)5)14-20(15-24)23(25)28/h8-14H,3-4,6-7H2,1-2,5H3,(H2,25,28)/b18-13-,20-14+. The third-order valence-electron chi connectivity index (χ3n) is 4.77. The average molecular weight is 374 g/mol. The van der Waals surface area contributed by atoms with Gasteiger partial charge in [0.15, 0.2) is 0 Å². The van der Waals surface area contributed by atoms with E-state index in [0.29, 0.717) is 0 Å². The first-order valence-electron chi connectivity index (χ1n) is 9.14. The normalized spacial score (nSPS) is 11.9. The Balaban J connectivity index is 2.43. The Bertz CT molecular complexity index is 1080. The van der Waals surface area contributed by atoms with Crippen LogP contribution < -0.4 is 16.2 Å². The first-order valence-corrected chi connectivity index (χ1v) is 9.14. The van der Waals surface area contributed by atoms with Gasteiger partial charge in [0.1, 0.15) is 11.6 Å². The van der Waals surface area contributed by atoms with Crippen LogP contribution in [0.5, 0.6) is 0 Å². The molecule has 0 bridgehead atoms. The molecule has 2 rings (SSSR count). The van der Waals surface area contributed by atoms with Gasteiger partial charge in [0.05, 0.1) is 0 Å². The van der Waals surface area contributed by atoms with Crippen molar-refractivity contribution in [2.75, 3.05) is 13.1 Å². The number of hydrogen-bond acceptors (Lipinski definition) is 3. The molecular weight excluding hydrogens is 348 g/mol. The highest BCUT2D eigenvalue weighted by atomic mass is 16.1. The van der Waals surface area contributed by atoms with Crippen LogP contribution in [0.4, 0.5) is 0 Å². The average Bonchev–Trinajstić information content (AvgIpc) is 3.02. The molecule has 0 fully saturated rings. The van der Waals surface area contributed by atoms with Crippen LogP contribution in [0.25, 0.3) is 30.0 Å². The van der Waals surface area contributed by atoms with Crippen LogP contribution in [0.15, 0.2) is 48.2 Å². The first-order chi connectivity index (χ1) is 13.3. The van der Waals surface area contributed by atoms with Crippen LogP contribution in [-0.2, 0) is 11.8 Å². The molecule has 28 heavy (non-hydrogen) atoms. The summed E-state index contributed by atoms with van der Waals surface area (Å²) in [5.41, 5.74) is 8.77. The van der Waals surface area contributed by atoms with Crippen molar-refractivity contribution in [3.8, 4) is 17.3 Å². The Labute approximate surface area is 166 Å². The summed E-state index contributed by atoms with van der Waals surface area (Å²) in [7, 11) is 1.88. The lowest BCUT2D eigenvalue weighted by Crippen LogP contribution is -2.27. The number of nitrogens with zero attached hydrogens (tertiary/aromatic N) is 3. The van der Waals surface area contributed by atoms with Gasteiger partial charge in [-0.15, -0.1) is 0 Å². The number of benzene rings is 1. The van der Waals surface area contributed by atoms with E-state index >= 15 is 0 Å². The maximum Gasteiger partial charge on any atom is 0.259 e. The Kier molecular flexibility index (Phi) is 6.62.